The van der Waals surface area contributed by atoms with E-state index in [4.69, 9.17) is 0 Å². The predicted octanol–water partition coefficient (Wildman–Crippen LogP) is 0.472. The number of non-ortho nitro benzene ring substituents is 1. The maximum atomic E-state index is 12.0. The van der Waals surface area contributed by atoms with Crippen molar-refractivity contribution in [3.63, 3.8) is 0 Å². The molecule has 28 heavy (non-hydrogen) atoms. The molecule has 0 aliphatic carbocycles. The lowest BCUT2D eigenvalue weighted by Gasteiger charge is -2.25. The van der Waals surface area contributed by atoms with Gasteiger partial charge in [-0.25, -0.2) is 4.79 Å². The van der Waals surface area contributed by atoms with E-state index in [0.717, 1.165) is 23.3 Å². The van der Waals surface area contributed by atoms with Gasteiger partial charge in [0.15, 0.2) is 0 Å². The number of rotatable bonds is 9. The zero-order chi connectivity index (χ0) is 20.8. The Hall–Kier alpha value is -3.14. The first-order chi connectivity index (χ1) is 13.2. The van der Waals surface area contributed by atoms with Crippen molar-refractivity contribution in [1.82, 2.24) is 14.0 Å². The molecule has 1 aromatic heterocycles. The maximum Gasteiger partial charge on any atom is 0.332 e. The van der Waals surface area contributed by atoms with Crippen molar-refractivity contribution in [2.45, 2.75) is 0 Å². The number of nitro benzene ring substituents is 1. The average Bonchev–Trinajstić information content (AvgIpc) is 2.67. The van der Waals surface area contributed by atoms with E-state index in [1.807, 2.05) is 19.0 Å². The molecule has 0 aliphatic rings. The van der Waals surface area contributed by atoms with Crippen LogP contribution in [0, 0.1) is 10.1 Å². The first-order valence-electron chi connectivity index (χ1n) is 8.85. The van der Waals surface area contributed by atoms with E-state index in [-0.39, 0.29) is 16.9 Å². The molecule has 0 bridgehead atoms. The Balaban J connectivity index is 1.82. The molecule has 10 nitrogen and oxygen atoms in total. The van der Waals surface area contributed by atoms with Crippen molar-refractivity contribution in [1.29, 1.82) is 0 Å². The normalized spacial score (nSPS) is 10.9. The SMILES string of the molecule is CN(CCNc1ccc([N+](=O)[O-])cc1)CCN(C)c1cc(=O)n(C)c(=O)n1C. The van der Waals surface area contributed by atoms with Crippen LogP contribution < -0.4 is 21.5 Å². The second kappa shape index (κ2) is 9.18. The Morgan fingerprint density at radius 2 is 1.68 bits per heavy atom. The molecule has 0 aliphatic heterocycles. The number of hydrogen-bond acceptors (Lipinski definition) is 7. The van der Waals surface area contributed by atoms with Crippen molar-refractivity contribution in [3.8, 4) is 0 Å². The summed E-state index contributed by atoms with van der Waals surface area (Å²) in [6.07, 6.45) is 0. The zero-order valence-corrected chi connectivity index (χ0v) is 16.6. The monoisotopic (exact) mass is 390 g/mol. The highest BCUT2D eigenvalue weighted by atomic mass is 16.6. The minimum atomic E-state index is -0.424. The third kappa shape index (κ3) is 5.19. The Morgan fingerprint density at radius 3 is 2.29 bits per heavy atom. The summed E-state index contributed by atoms with van der Waals surface area (Å²) < 4.78 is 2.53. The molecule has 1 heterocycles. The van der Waals surface area contributed by atoms with Crippen LogP contribution in [-0.2, 0) is 14.1 Å². The highest BCUT2D eigenvalue weighted by Gasteiger charge is 2.11. The van der Waals surface area contributed by atoms with E-state index in [1.54, 1.807) is 19.2 Å². The molecule has 0 saturated carbocycles. The van der Waals surface area contributed by atoms with Gasteiger partial charge >= 0.3 is 5.69 Å². The van der Waals surface area contributed by atoms with Crippen molar-refractivity contribution >= 4 is 17.2 Å². The summed E-state index contributed by atoms with van der Waals surface area (Å²) >= 11 is 0. The molecule has 0 spiro atoms. The molecule has 1 N–H and O–H groups in total. The lowest BCUT2D eigenvalue weighted by atomic mass is 10.3. The Bertz CT molecular complexity index is 935. The zero-order valence-electron chi connectivity index (χ0n) is 16.6. The van der Waals surface area contributed by atoms with Crippen molar-refractivity contribution in [2.75, 3.05) is 50.5 Å². The molecule has 0 atom stereocenters. The van der Waals surface area contributed by atoms with Gasteiger partial charge in [-0.2, -0.15) is 0 Å². The second-order valence-corrected chi connectivity index (χ2v) is 6.70. The summed E-state index contributed by atoms with van der Waals surface area (Å²) in [6, 6.07) is 7.76. The highest BCUT2D eigenvalue weighted by Crippen LogP contribution is 2.15. The molecule has 0 unspecified atom stereocenters. The second-order valence-electron chi connectivity index (χ2n) is 6.70. The summed E-state index contributed by atoms with van der Waals surface area (Å²) in [5.41, 5.74) is 0.211. The summed E-state index contributed by atoms with van der Waals surface area (Å²) in [5, 5.41) is 13.9. The smallest absolute Gasteiger partial charge is 0.332 e. The lowest BCUT2D eigenvalue weighted by Crippen LogP contribution is -2.41. The van der Waals surface area contributed by atoms with E-state index in [0.29, 0.717) is 18.9 Å². The highest BCUT2D eigenvalue weighted by molar-refractivity contribution is 5.48. The third-order valence-corrected chi connectivity index (χ3v) is 4.61. The number of nitrogens with zero attached hydrogens (tertiary/aromatic N) is 5. The number of hydrogen-bond donors (Lipinski definition) is 1. The van der Waals surface area contributed by atoms with Gasteiger partial charge in [0.05, 0.1) is 4.92 Å². The number of aromatic nitrogens is 2. The fourth-order valence-electron chi connectivity index (χ4n) is 2.73. The summed E-state index contributed by atoms with van der Waals surface area (Å²) in [4.78, 5) is 38.1. The van der Waals surface area contributed by atoms with Gasteiger partial charge in [-0.3, -0.25) is 24.0 Å². The van der Waals surface area contributed by atoms with Gasteiger partial charge in [0, 0.05) is 71.2 Å². The molecule has 0 fully saturated rings. The van der Waals surface area contributed by atoms with E-state index in [2.05, 4.69) is 10.2 Å². The van der Waals surface area contributed by atoms with E-state index in [9.17, 15) is 19.7 Å². The number of likely N-dealkylation sites (N-methyl/N-ethyl adjacent to an activating group) is 2. The van der Waals surface area contributed by atoms with Gasteiger partial charge in [-0.05, 0) is 19.2 Å². The Labute approximate surface area is 162 Å². The van der Waals surface area contributed by atoms with Crippen molar-refractivity contribution in [3.05, 3.63) is 61.3 Å². The number of nitrogens with one attached hydrogen (secondary N) is 1. The molecule has 0 amide bonds. The number of benzene rings is 1. The molecule has 0 saturated heterocycles. The van der Waals surface area contributed by atoms with Gasteiger partial charge in [-0.1, -0.05) is 0 Å². The molecular formula is C18H26N6O4. The summed E-state index contributed by atoms with van der Waals surface area (Å²) in [6.45, 7) is 2.83. The largest absolute Gasteiger partial charge is 0.384 e. The molecule has 2 aromatic rings. The van der Waals surface area contributed by atoms with Gasteiger partial charge in [-0.15, -0.1) is 0 Å². The van der Waals surface area contributed by atoms with Crippen LogP contribution in [0.3, 0.4) is 0 Å². The number of anilines is 2. The first kappa shape index (κ1) is 21.2. The Kier molecular flexibility index (Phi) is 6.94. The first-order valence-corrected chi connectivity index (χ1v) is 8.85. The predicted molar refractivity (Wildman–Crippen MR) is 109 cm³/mol. The minimum absolute atomic E-state index is 0.0656. The van der Waals surface area contributed by atoms with Crippen LogP contribution in [0.1, 0.15) is 0 Å². The minimum Gasteiger partial charge on any atom is -0.384 e. The van der Waals surface area contributed by atoms with Crippen LogP contribution >= 0.6 is 0 Å². The van der Waals surface area contributed by atoms with E-state index in [1.165, 1.54) is 29.8 Å². The van der Waals surface area contributed by atoms with Crippen molar-refractivity contribution < 1.29 is 4.92 Å². The lowest BCUT2D eigenvalue weighted by molar-refractivity contribution is -0.384. The van der Waals surface area contributed by atoms with Crippen LogP contribution in [0.25, 0.3) is 0 Å². The van der Waals surface area contributed by atoms with Crippen LogP contribution in [0.4, 0.5) is 17.2 Å². The molecular weight excluding hydrogens is 364 g/mol. The molecule has 2 rings (SSSR count). The fourth-order valence-corrected chi connectivity index (χ4v) is 2.73. The van der Waals surface area contributed by atoms with E-state index >= 15 is 0 Å². The average molecular weight is 390 g/mol. The fraction of sp³-hybridized carbons (Fsp3) is 0.444. The van der Waals surface area contributed by atoms with Crippen LogP contribution in [0.2, 0.25) is 0 Å². The van der Waals surface area contributed by atoms with Gasteiger partial charge in [0.2, 0.25) is 0 Å². The maximum absolute atomic E-state index is 12.0. The molecule has 1 aromatic carbocycles. The topological polar surface area (TPSA) is 106 Å². The van der Waals surface area contributed by atoms with Gasteiger partial charge in [0.1, 0.15) is 5.82 Å². The third-order valence-electron chi connectivity index (χ3n) is 4.61. The standard InChI is InChI=1S/C18H26N6O4/c1-20(10-9-19-14-5-7-15(8-6-14)24(27)28)11-12-21(2)16-13-17(25)23(4)18(26)22(16)3/h5-8,13,19H,9-12H2,1-4H3. The summed E-state index contributed by atoms with van der Waals surface area (Å²) in [5.74, 6) is 0.575. The molecule has 152 valence electrons. The Morgan fingerprint density at radius 1 is 1.04 bits per heavy atom. The van der Waals surface area contributed by atoms with Gasteiger partial charge < -0.3 is 15.1 Å². The van der Waals surface area contributed by atoms with Crippen LogP contribution in [0.15, 0.2) is 39.9 Å². The van der Waals surface area contributed by atoms with Gasteiger partial charge in [0.25, 0.3) is 11.2 Å². The quantitative estimate of drug-likeness (QED) is 0.490. The van der Waals surface area contributed by atoms with Crippen LogP contribution in [0.5, 0.6) is 0 Å². The molecule has 0 radical (unpaired) electrons. The van der Waals surface area contributed by atoms with Crippen LogP contribution in [-0.4, -0.2) is 59.2 Å². The van der Waals surface area contributed by atoms with E-state index < -0.39 is 4.92 Å². The van der Waals surface area contributed by atoms with Crippen molar-refractivity contribution in [2.24, 2.45) is 14.1 Å². The number of nitro groups is 1. The molecule has 10 heteroatoms. The summed E-state index contributed by atoms with van der Waals surface area (Å²) in [7, 11) is 6.93.